The molecule has 8 nitrogen and oxygen atoms in total. The molecule has 0 radical (unpaired) electrons. The highest BCUT2D eigenvalue weighted by Gasteiger charge is 2.42. The Morgan fingerprint density at radius 2 is 2.00 bits per heavy atom. The Balaban J connectivity index is 1.13. The van der Waals surface area contributed by atoms with Crippen LogP contribution in [0, 0.1) is 5.92 Å². The molecule has 0 spiro atoms. The highest BCUT2D eigenvalue weighted by atomic mass is 32.1. The molecular weight excluding hydrogens is 500 g/mol. The summed E-state index contributed by atoms with van der Waals surface area (Å²) in [7, 11) is 1.73. The summed E-state index contributed by atoms with van der Waals surface area (Å²) in [6.07, 6.45) is 4.75. The average Bonchev–Trinajstić information content (AvgIpc) is 3.38. The van der Waals surface area contributed by atoms with Gasteiger partial charge >= 0.3 is 12.3 Å². The molecule has 1 fully saturated rings. The van der Waals surface area contributed by atoms with E-state index in [1.807, 2.05) is 0 Å². The van der Waals surface area contributed by atoms with E-state index in [0.29, 0.717) is 18.0 Å². The van der Waals surface area contributed by atoms with Gasteiger partial charge < -0.3 is 15.0 Å². The van der Waals surface area contributed by atoms with Gasteiger partial charge in [-0.05, 0) is 51.0 Å². The highest BCUT2D eigenvalue weighted by Crippen LogP contribution is 2.31. The minimum atomic E-state index is -4.18. The van der Waals surface area contributed by atoms with Crippen molar-refractivity contribution >= 4 is 17.2 Å². The Labute approximate surface area is 211 Å². The van der Waals surface area contributed by atoms with E-state index in [1.165, 1.54) is 16.1 Å². The largest absolute Gasteiger partial charge is 0.463 e. The quantitative estimate of drug-likeness (QED) is 0.473. The summed E-state index contributed by atoms with van der Waals surface area (Å²) in [5, 5.41) is 11.3. The molecule has 1 aliphatic heterocycles. The molecule has 3 heterocycles. The maximum Gasteiger partial charge on any atom is 0.340 e. The lowest BCUT2D eigenvalue weighted by molar-refractivity contribution is -0.148. The summed E-state index contributed by atoms with van der Waals surface area (Å²) in [5.74, 6) is -3.56. The first-order chi connectivity index (χ1) is 17.2. The molecule has 2 aromatic heterocycles. The van der Waals surface area contributed by atoms with Gasteiger partial charge in [0.15, 0.2) is 6.61 Å². The zero-order valence-corrected chi connectivity index (χ0v) is 21.1. The van der Waals surface area contributed by atoms with Crippen molar-refractivity contribution < 1.29 is 27.1 Å². The molecule has 0 aromatic carbocycles. The standard InChI is InChI=1S/C23H32F4N6O2S/c1-32-28-13-17(31-32)12-20(34)29-16-4-2-15(3-5-16)6-9-33-10-7-18-19(8-11-33)36-22(30-18)35-14-23(26,27)21(24)25/h13,15-16,21H,2-12,14H2,1H3,(H,29,34). The number of ether oxygens (including phenoxy) is 1. The fraction of sp³-hybridized carbons (Fsp3) is 0.739. The number of nitrogens with one attached hydrogen (secondary N) is 1. The topological polar surface area (TPSA) is 85.2 Å². The number of halogens is 4. The monoisotopic (exact) mass is 532 g/mol. The molecule has 2 aliphatic rings. The number of aromatic nitrogens is 4. The number of aryl methyl sites for hydroxylation is 1. The summed E-state index contributed by atoms with van der Waals surface area (Å²) in [6.45, 7) is 1.27. The van der Waals surface area contributed by atoms with Crippen LogP contribution in [0.5, 0.6) is 5.19 Å². The molecule has 13 heteroatoms. The third-order valence-electron chi connectivity index (χ3n) is 6.84. The fourth-order valence-corrected chi connectivity index (χ4v) is 5.71. The molecule has 1 saturated carbocycles. The minimum Gasteiger partial charge on any atom is -0.463 e. The second kappa shape index (κ2) is 11.8. The lowest BCUT2D eigenvalue weighted by Gasteiger charge is -2.30. The lowest BCUT2D eigenvalue weighted by atomic mass is 9.84. The molecule has 2 aromatic rings. The van der Waals surface area contributed by atoms with Gasteiger partial charge in [-0.3, -0.25) is 4.79 Å². The van der Waals surface area contributed by atoms with Crippen LogP contribution in [0.25, 0.3) is 0 Å². The second-order valence-corrected chi connectivity index (χ2v) is 10.7. The van der Waals surface area contributed by atoms with Crippen molar-refractivity contribution in [2.45, 2.75) is 69.8 Å². The minimum absolute atomic E-state index is 0.0131. The number of carbonyl (C=O) groups excluding carboxylic acids is 1. The summed E-state index contributed by atoms with van der Waals surface area (Å²) in [6, 6.07) is 0.211. The van der Waals surface area contributed by atoms with E-state index < -0.39 is 19.0 Å². The molecule has 0 unspecified atom stereocenters. The van der Waals surface area contributed by atoms with Crippen LogP contribution in [-0.4, -0.2) is 75.4 Å². The van der Waals surface area contributed by atoms with E-state index >= 15 is 0 Å². The lowest BCUT2D eigenvalue weighted by Crippen LogP contribution is -2.39. The van der Waals surface area contributed by atoms with Gasteiger partial charge in [0, 0.05) is 37.5 Å². The number of thiazole rings is 1. The summed E-state index contributed by atoms with van der Waals surface area (Å²) in [5.41, 5.74) is 1.48. The van der Waals surface area contributed by atoms with Crippen LogP contribution in [0.2, 0.25) is 0 Å². The van der Waals surface area contributed by atoms with E-state index in [-0.39, 0.29) is 23.6 Å². The normalized spacial score (nSPS) is 21.3. The molecule has 4 rings (SSSR count). The van der Waals surface area contributed by atoms with Crippen LogP contribution in [0.4, 0.5) is 17.6 Å². The van der Waals surface area contributed by atoms with Crippen LogP contribution >= 0.6 is 11.3 Å². The van der Waals surface area contributed by atoms with Crippen molar-refractivity contribution in [1.29, 1.82) is 0 Å². The molecule has 1 N–H and O–H groups in total. The summed E-state index contributed by atoms with van der Waals surface area (Å²) in [4.78, 5) is 21.4. The van der Waals surface area contributed by atoms with Crippen molar-refractivity contribution in [3.8, 4) is 5.19 Å². The zero-order chi connectivity index (χ0) is 25.7. The first-order valence-electron chi connectivity index (χ1n) is 12.3. The number of hydrogen-bond donors (Lipinski definition) is 1. The molecule has 0 atom stereocenters. The van der Waals surface area contributed by atoms with Crippen molar-refractivity contribution in [2.75, 3.05) is 26.2 Å². The Hall–Kier alpha value is -2.28. The van der Waals surface area contributed by atoms with Crippen LogP contribution in [-0.2, 0) is 31.1 Å². The van der Waals surface area contributed by atoms with E-state index in [9.17, 15) is 22.4 Å². The Morgan fingerprint density at radius 1 is 1.25 bits per heavy atom. The average molecular weight is 533 g/mol. The number of rotatable bonds is 10. The van der Waals surface area contributed by atoms with Gasteiger partial charge in [0.2, 0.25) is 5.91 Å². The summed E-state index contributed by atoms with van der Waals surface area (Å²) >= 11 is 1.17. The maximum absolute atomic E-state index is 13.1. The molecular formula is C23H32F4N6O2S. The van der Waals surface area contributed by atoms with E-state index in [1.54, 1.807) is 13.2 Å². The smallest absolute Gasteiger partial charge is 0.340 e. The second-order valence-electron chi connectivity index (χ2n) is 9.62. The Kier molecular flexibility index (Phi) is 8.81. The van der Waals surface area contributed by atoms with E-state index in [0.717, 1.165) is 68.7 Å². The van der Waals surface area contributed by atoms with Gasteiger partial charge in [0.25, 0.3) is 5.19 Å². The SMILES string of the molecule is Cn1ncc(CC(=O)NC2CCC(CCN3CCc4nc(OCC(F)(F)C(F)F)sc4CC3)CC2)n1. The van der Waals surface area contributed by atoms with E-state index in [2.05, 4.69) is 25.4 Å². The van der Waals surface area contributed by atoms with Crippen molar-refractivity contribution in [3.05, 3.63) is 22.5 Å². The molecule has 0 saturated heterocycles. The van der Waals surface area contributed by atoms with Gasteiger partial charge in [-0.2, -0.15) is 23.8 Å². The molecule has 1 amide bonds. The predicted octanol–water partition coefficient (Wildman–Crippen LogP) is 3.26. The van der Waals surface area contributed by atoms with Gasteiger partial charge in [-0.1, -0.05) is 11.3 Å². The first kappa shape index (κ1) is 26.8. The van der Waals surface area contributed by atoms with Crippen LogP contribution in [0.3, 0.4) is 0 Å². The van der Waals surface area contributed by atoms with Gasteiger partial charge in [-0.25, -0.2) is 13.8 Å². The number of alkyl halides is 4. The molecule has 200 valence electrons. The first-order valence-corrected chi connectivity index (χ1v) is 13.1. The van der Waals surface area contributed by atoms with E-state index in [4.69, 9.17) is 4.74 Å². The van der Waals surface area contributed by atoms with Crippen molar-refractivity contribution in [2.24, 2.45) is 13.0 Å². The van der Waals surface area contributed by atoms with Crippen LogP contribution in [0.1, 0.15) is 48.4 Å². The number of carbonyl (C=O) groups is 1. The number of amides is 1. The summed E-state index contributed by atoms with van der Waals surface area (Å²) < 4.78 is 55.7. The molecule has 36 heavy (non-hydrogen) atoms. The fourth-order valence-electron chi connectivity index (χ4n) is 4.76. The van der Waals surface area contributed by atoms with Crippen molar-refractivity contribution in [3.63, 3.8) is 0 Å². The van der Waals surface area contributed by atoms with Gasteiger partial charge in [0.05, 0.1) is 24.0 Å². The highest BCUT2D eigenvalue weighted by molar-refractivity contribution is 7.13. The van der Waals surface area contributed by atoms with Gasteiger partial charge in [-0.15, -0.1) is 0 Å². The Morgan fingerprint density at radius 3 is 2.69 bits per heavy atom. The van der Waals surface area contributed by atoms with Crippen LogP contribution < -0.4 is 10.1 Å². The number of nitrogens with zero attached hydrogens (tertiary/aromatic N) is 5. The molecule has 0 bridgehead atoms. The zero-order valence-electron chi connectivity index (χ0n) is 20.3. The third-order valence-corrected chi connectivity index (χ3v) is 7.91. The van der Waals surface area contributed by atoms with Crippen molar-refractivity contribution in [1.82, 2.24) is 30.2 Å². The maximum atomic E-state index is 13.1. The van der Waals surface area contributed by atoms with Crippen LogP contribution in [0.15, 0.2) is 6.20 Å². The van der Waals surface area contributed by atoms with Gasteiger partial charge in [0.1, 0.15) is 0 Å². The third kappa shape index (κ3) is 7.37. The number of fused-ring (bicyclic) bond motifs is 1. The molecule has 1 aliphatic carbocycles. The Bertz CT molecular complexity index is 983. The predicted molar refractivity (Wildman–Crippen MR) is 126 cm³/mol. The number of hydrogen-bond acceptors (Lipinski definition) is 7.